The molecule has 1 aromatic heterocycles. The molecule has 3 aromatic rings. The molecule has 0 saturated heterocycles. The fourth-order valence-electron chi connectivity index (χ4n) is 3.53. The predicted octanol–water partition coefficient (Wildman–Crippen LogP) is 3.26. The first-order valence-corrected chi connectivity index (χ1v) is 10.9. The molecule has 12 heteroatoms. The van der Waals surface area contributed by atoms with Crippen molar-refractivity contribution in [2.45, 2.75) is 16.7 Å². The van der Waals surface area contributed by atoms with Crippen molar-refractivity contribution in [1.82, 2.24) is 10.3 Å². The van der Waals surface area contributed by atoms with Gasteiger partial charge in [-0.2, -0.15) is 10.5 Å². The molecule has 0 radical (unpaired) electrons. The maximum absolute atomic E-state index is 11.9. The Balaban J connectivity index is 1.79. The van der Waals surface area contributed by atoms with Crippen LogP contribution in [0.3, 0.4) is 0 Å². The van der Waals surface area contributed by atoms with Gasteiger partial charge in [-0.15, -0.1) is 11.8 Å². The smallest absolute Gasteiger partial charge is 0.283 e. The summed E-state index contributed by atoms with van der Waals surface area (Å²) in [5.41, 5.74) is 13.9. The number of nitrogens with two attached hydrogens (primary N) is 2. The summed E-state index contributed by atoms with van der Waals surface area (Å²) < 4.78 is 0. The summed E-state index contributed by atoms with van der Waals surface area (Å²) >= 11 is 1.35. The van der Waals surface area contributed by atoms with Crippen LogP contribution in [-0.4, -0.2) is 15.9 Å². The quantitative estimate of drug-likeness (QED) is 0.141. The third kappa shape index (κ3) is 4.26. The molecule has 2 heterocycles. The highest BCUT2D eigenvalue weighted by Gasteiger charge is 2.31. The lowest BCUT2D eigenvalue weighted by molar-refractivity contribution is -0.387. The number of fused-ring (bicyclic) bond motifs is 1. The third-order valence-electron chi connectivity index (χ3n) is 5.09. The third-order valence-corrected chi connectivity index (χ3v) is 6.22. The van der Waals surface area contributed by atoms with Gasteiger partial charge in [0.15, 0.2) is 6.19 Å². The largest absolute Gasteiger partial charge is 0.397 e. The monoisotopic (exact) mass is 471 g/mol. The van der Waals surface area contributed by atoms with E-state index in [1.807, 2.05) is 36.4 Å². The Labute approximate surface area is 198 Å². The van der Waals surface area contributed by atoms with Crippen LogP contribution in [0.15, 0.2) is 58.4 Å². The van der Waals surface area contributed by atoms with Gasteiger partial charge in [0.05, 0.1) is 15.5 Å². The predicted molar refractivity (Wildman–Crippen MR) is 129 cm³/mol. The Hall–Kier alpha value is -4.81. The van der Waals surface area contributed by atoms with Gasteiger partial charge in [0.25, 0.3) is 5.69 Å². The van der Waals surface area contributed by atoms with Gasteiger partial charge in [-0.25, -0.2) is 9.98 Å². The molecular formula is C22H17N9O2S. The average molecular weight is 472 g/mol. The second-order valence-corrected chi connectivity index (χ2v) is 8.18. The van der Waals surface area contributed by atoms with E-state index in [1.54, 1.807) is 18.3 Å². The Morgan fingerprint density at radius 3 is 2.65 bits per heavy atom. The van der Waals surface area contributed by atoms with Gasteiger partial charge in [0.2, 0.25) is 5.96 Å². The second-order valence-electron chi connectivity index (χ2n) is 7.16. The van der Waals surface area contributed by atoms with Crippen LogP contribution < -0.4 is 22.1 Å². The van der Waals surface area contributed by atoms with E-state index < -0.39 is 11.0 Å². The number of pyridine rings is 1. The van der Waals surface area contributed by atoms with Crippen LogP contribution in [0.4, 0.5) is 23.0 Å². The van der Waals surface area contributed by atoms with Crippen LogP contribution in [-0.2, 0) is 5.75 Å². The lowest BCUT2D eigenvalue weighted by Gasteiger charge is -2.26. The summed E-state index contributed by atoms with van der Waals surface area (Å²) in [6.45, 7) is 0. The van der Waals surface area contributed by atoms with Gasteiger partial charge in [0.1, 0.15) is 29.3 Å². The topological polar surface area (TPSA) is 192 Å². The lowest BCUT2D eigenvalue weighted by Crippen LogP contribution is -2.32. The van der Waals surface area contributed by atoms with E-state index in [4.69, 9.17) is 16.7 Å². The molecule has 6 N–H and O–H groups in total. The van der Waals surface area contributed by atoms with Gasteiger partial charge < -0.3 is 16.8 Å². The molecule has 0 spiro atoms. The van der Waals surface area contributed by atoms with Crippen LogP contribution in [0.5, 0.6) is 0 Å². The van der Waals surface area contributed by atoms with Crippen molar-refractivity contribution in [2.75, 3.05) is 16.8 Å². The standard InChI is InChI=1S/C22H17N9O2S/c23-9-14-18(25)17-19(28-22(27-11-24)30-21(17)29-20(14)26)13-6-7-16(15(8-13)31(32)33)34-10-12-4-2-1-3-5-12/h1-8,19H,10H2,(H6,25,26,27,28,29,30). The number of hydrogen-bond donors (Lipinski definition) is 4. The van der Waals surface area contributed by atoms with E-state index >= 15 is 0 Å². The summed E-state index contributed by atoms with van der Waals surface area (Å²) in [7, 11) is 0. The normalized spacial score (nSPS) is 14.1. The summed E-state index contributed by atoms with van der Waals surface area (Å²) in [5, 5.41) is 35.6. The molecule has 0 aliphatic carbocycles. The van der Waals surface area contributed by atoms with Crippen LogP contribution in [0.25, 0.3) is 0 Å². The summed E-state index contributed by atoms with van der Waals surface area (Å²) in [4.78, 5) is 20.6. The number of nitrogens with one attached hydrogen (secondary N) is 2. The molecule has 4 rings (SSSR count). The zero-order valence-corrected chi connectivity index (χ0v) is 18.3. The van der Waals surface area contributed by atoms with Crippen molar-refractivity contribution < 1.29 is 4.92 Å². The summed E-state index contributed by atoms with van der Waals surface area (Å²) in [6.07, 6.45) is 1.77. The molecule has 1 aliphatic rings. The van der Waals surface area contributed by atoms with Gasteiger partial charge in [-0.3, -0.25) is 15.4 Å². The van der Waals surface area contributed by atoms with E-state index in [0.29, 0.717) is 21.8 Å². The summed E-state index contributed by atoms with van der Waals surface area (Å²) in [5.74, 6) is 0.757. The van der Waals surface area contributed by atoms with Gasteiger partial charge in [-0.05, 0) is 17.2 Å². The van der Waals surface area contributed by atoms with Crippen LogP contribution in [0.1, 0.15) is 28.3 Å². The number of nitrogen functional groups attached to an aromatic ring is 2. The minimum atomic E-state index is -0.862. The number of benzene rings is 2. The Kier molecular flexibility index (Phi) is 6.16. The maximum Gasteiger partial charge on any atom is 0.283 e. The summed E-state index contributed by atoms with van der Waals surface area (Å²) in [6, 6.07) is 15.5. The first-order chi connectivity index (χ1) is 16.4. The van der Waals surface area contributed by atoms with E-state index in [9.17, 15) is 15.4 Å². The number of anilines is 3. The number of nitro benzene ring substituents is 1. The highest BCUT2D eigenvalue weighted by atomic mass is 32.2. The molecule has 2 aromatic carbocycles. The highest BCUT2D eigenvalue weighted by molar-refractivity contribution is 7.98. The van der Waals surface area contributed by atoms with Crippen molar-refractivity contribution in [1.29, 1.82) is 10.5 Å². The lowest BCUT2D eigenvalue weighted by atomic mass is 9.95. The number of aliphatic imine (C=N–C) groups is 1. The van der Waals surface area contributed by atoms with Crippen molar-refractivity contribution >= 4 is 40.7 Å². The van der Waals surface area contributed by atoms with E-state index in [2.05, 4.69) is 20.6 Å². The molecule has 1 unspecified atom stereocenters. The second kappa shape index (κ2) is 9.36. The molecule has 0 amide bonds. The first-order valence-electron chi connectivity index (χ1n) is 9.86. The Bertz CT molecular complexity index is 1390. The Morgan fingerprint density at radius 1 is 1.21 bits per heavy atom. The van der Waals surface area contributed by atoms with Crippen molar-refractivity contribution in [3.8, 4) is 12.3 Å². The number of nitrogens with zero attached hydrogens (tertiary/aromatic N) is 5. The fraction of sp³-hybridized carbons (Fsp3) is 0.0909. The molecule has 1 aliphatic heterocycles. The van der Waals surface area contributed by atoms with Crippen molar-refractivity contribution in [2.24, 2.45) is 4.99 Å². The SMILES string of the molecule is N#CNC1=NC(c2ccc(SCc3ccccc3)c([N+](=O)[O-])c2)c2c(nc(N)c(C#N)c2N)N1. The number of thioether (sulfide) groups is 1. The number of hydrogen-bond acceptors (Lipinski definition) is 11. The molecular weight excluding hydrogens is 454 g/mol. The number of aromatic nitrogens is 1. The zero-order valence-electron chi connectivity index (χ0n) is 17.5. The number of nitriles is 2. The molecule has 0 saturated carbocycles. The number of rotatable bonds is 5. The van der Waals surface area contributed by atoms with Gasteiger partial charge in [-0.1, -0.05) is 36.4 Å². The molecule has 168 valence electrons. The highest BCUT2D eigenvalue weighted by Crippen LogP contribution is 2.42. The first kappa shape index (κ1) is 22.4. The zero-order chi connectivity index (χ0) is 24.2. The maximum atomic E-state index is 11.9. The molecule has 0 fully saturated rings. The molecule has 1 atom stereocenters. The van der Waals surface area contributed by atoms with E-state index in [1.165, 1.54) is 17.8 Å². The van der Waals surface area contributed by atoms with Crippen molar-refractivity contribution in [3.63, 3.8) is 0 Å². The minimum absolute atomic E-state index is 0.0121. The molecule has 11 nitrogen and oxygen atoms in total. The van der Waals surface area contributed by atoms with Crippen molar-refractivity contribution in [3.05, 3.63) is 80.9 Å². The Morgan fingerprint density at radius 2 is 1.97 bits per heavy atom. The number of nitro groups is 1. The number of guanidine groups is 1. The molecule has 0 bridgehead atoms. The van der Waals surface area contributed by atoms with Crippen LogP contribution >= 0.6 is 11.8 Å². The molecule has 34 heavy (non-hydrogen) atoms. The average Bonchev–Trinajstić information content (AvgIpc) is 2.83. The van der Waals surface area contributed by atoms with Crippen LogP contribution in [0, 0.1) is 32.9 Å². The van der Waals surface area contributed by atoms with E-state index in [0.717, 1.165) is 5.56 Å². The van der Waals surface area contributed by atoms with Gasteiger partial charge >= 0.3 is 0 Å². The van der Waals surface area contributed by atoms with Crippen LogP contribution in [0.2, 0.25) is 0 Å². The van der Waals surface area contributed by atoms with E-state index in [-0.39, 0.29) is 34.5 Å². The minimum Gasteiger partial charge on any atom is -0.397 e. The van der Waals surface area contributed by atoms with Gasteiger partial charge in [0, 0.05) is 17.4 Å². The fourth-order valence-corrected chi connectivity index (χ4v) is 4.49.